The molecule has 0 aromatic heterocycles. The summed E-state index contributed by atoms with van der Waals surface area (Å²) >= 11 is 0. The molecule has 132 valence electrons. The minimum atomic E-state index is -0.568. The van der Waals surface area contributed by atoms with Gasteiger partial charge in [0.15, 0.2) is 0 Å². The number of carbonyl (C=O) groups excluding carboxylic acids is 2. The van der Waals surface area contributed by atoms with Gasteiger partial charge in [0.2, 0.25) is 5.91 Å². The van der Waals surface area contributed by atoms with Crippen LogP contribution in [0.2, 0.25) is 0 Å². The number of rotatable bonds is 8. The lowest BCUT2D eigenvalue weighted by molar-refractivity contribution is -0.147. The molecule has 0 fully saturated rings. The van der Waals surface area contributed by atoms with E-state index in [-0.39, 0.29) is 17.8 Å². The fraction of sp³-hybridized carbons (Fsp3) is 0.579. The van der Waals surface area contributed by atoms with Gasteiger partial charge in [-0.05, 0) is 30.4 Å². The number of para-hydroxylation sites is 1. The number of ether oxygens (including phenoxy) is 2. The van der Waals surface area contributed by atoms with E-state index in [2.05, 4.69) is 0 Å². The third kappa shape index (κ3) is 4.57. The molecule has 0 radical (unpaired) electrons. The summed E-state index contributed by atoms with van der Waals surface area (Å²) in [7, 11) is 1.62. The minimum Gasteiger partial charge on any atom is -0.464 e. The Labute approximate surface area is 143 Å². The highest BCUT2D eigenvalue weighted by Gasteiger charge is 2.35. The van der Waals surface area contributed by atoms with Crippen molar-refractivity contribution in [3.05, 3.63) is 29.8 Å². The van der Waals surface area contributed by atoms with Crippen molar-refractivity contribution in [2.45, 2.75) is 45.6 Å². The molecule has 1 aliphatic rings. The van der Waals surface area contributed by atoms with Gasteiger partial charge in [-0.3, -0.25) is 9.69 Å². The third-order valence-electron chi connectivity index (χ3n) is 4.14. The van der Waals surface area contributed by atoms with Crippen LogP contribution in [0, 0.1) is 5.92 Å². The van der Waals surface area contributed by atoms with Crippen LogP contribution in [0.5, 0.6) is 0 Å². The van der Waals surface area contributed by atoms with E-state index in [1.165, 1.54) is 0 Å². The van der Waals surface area contributed by atoms with Crippen LogP contribution in [0.1, 0.15) is 38.7 Å². The maximum Gasteiger partial charge on any atom is 0.329 e. The molecular formula is C19H27NO4. The number of aryl methyl sites for hydroxylation is 1. The van der Waals surface area contributed by atoms with Gasteiger partial charge in [-0.25, -0.2) is 4.79 Å². The average Bonchev–Trinajstić information content (AvgIpc) is 2.56. The van der Waals surface area contributed by atoms with Gasteiger partial charge in [-0.15, -0.1) is 0 Å². The van der Waals surface area contributed by atoms with E-state index in [1.54, 1.807) is 12.0 Å². The number of benzene rings is 1. The van der Waals surface area contributed by atoms with Crippen molar-refractivity contribution in [1.29, 1.82) is 0 Å². The van der Waals surface area contributed by atoms with Crippen LogP contribution in [0.3, 0.4) is 0 Å². The van der Waals surface area contributed by atoms with Gasteiger partial charge in [0.05, 0.1) is 6.61 Å². The maximum atomic E-state index is 12.6. The normalized spacial score (nSPS) is 15.3. The minimum absolute atomic E-state index is 0.00630. The van der Waals surface area contributed by atoms with Crippen LogP contribution in [-0.4, -0.2) is 38.2 Å². The molecule has 1 aliphatic heterocycles. The summed E-state index contributed by atoms with van der Waals surface area (Å²) in [6, 6.07) is 7.23. The second-order valence-electron chi connectivity index (χ2n) is 6.55. The summed E-state index contributed by atoms with van der Waals surface area (Å²) in [4.78, 5) is 26.8. The molecule has 1 atom stereocenters. The second kappa shape index (κ2) is 8.83. The molecule has 1 unspecified atom stereocenters. The van der Waals surface area contributed by atoms with Crippen LogP contribution in [0.15, 0.2) is 24.3 Å². The molecule has 5 nitrogen and oxygen atoms in total. The van der Waals surface area contributed by atoms with E-state index >= 15 is 0 Å². The van der Waals surface area contributed by atoms with E-state index in [1.807, 2.05) is 38.1 Å². The fourth-order valence-electron chi connectivity index (χ4n) is 3.02. The molecule has 0 aliphatic carbocycles. The standard InChI is InChI=1S/C19H27NO4/c1-14(2)13-17(19(22)24-12-6-11-23-3)20-16-8-5-4-7-15(16)9-10-18(20)21/h4-5,7-8,14,17H,6,9-13H2,1-3H3. The Morgan fingerprint density at radius 2 is 1.96 bits per heavy atom. The molecule has 24 heavy (non-hydrogen) atoms. The highest BCUT2D eigenvalue weighted by Crippen LogP contribution is 2.31. The van der Waals surface area contributed by atoms with Crippen molar-refractivity contribution in [3.8, 4) is 0 Å². The van der Waals surface area contributed by atoms with Gasteiger partial charge in [-0.1, -0.05) is 32.0 Å². The van der Waals surface area contributed by atoms with Crippen LogP contribution in [0.4, 0.5) is 5.69 Å². The predicted octanol–water partition coefficient (Wildman–Crippen LogP) is 2.96. The Kier molecular flexibility index (Phi) is 6.79. The van der Waals surface area contributed by atoms with Crippen molar-refractivity contribution in [1.82, 2.24) is 0 Å². The lowest BCUT2D eigenvalue weighted by Gasteiger charge is -2.35. The largest absolute Gasteiger partial charge is 0.464 e. The van der Waals surface area contributed by atoms with Crippen LogP contribution >= 0.6 is 0 Å². The Morgan fingerprint density at radius 1 is 1.21 bits per heavy atom. The Morgan fingerprint density at radius 3 is 2.67 bits per heavy atom. The highest BCUT2D eigenvalue weighted by molar-refractivity contribution is 6.01. The molecule has 0 saturated carbocycles. The first-order valence-corrected chi connectivity index (χ1v) is 8.60. The third-order valence-corrected chi connectivity index (χ3v) is 4.14. The van der Waals surface area contributed by atoms with Crippen molar-refractivity contribution in [2.24, 2.45) is 5.92 Å². The molecule has 1 heterocycles. The molecule has 0 N–H and O–H groups in total. The average molecular weight is 333 g/mol. The summed E-state index contributed by atoms with van der Waals surface area (Å²) in [6.07, 6.45) is 2.40. The van der Waals surface area contributed by atoms with E-state index in [4.69, 9.17) is 9.47 Å². The molecule has 1 amide bonds. The number of nitrogens with zero attached hydrogens (tertiary/aromatic N) is 1. The zero-order chi connectivity index (χ0) is 17.5. The zero-order valence-corrected chi connectivity index (χ0v) is 14.8. The van der Waals surface area contributed by atoms with Gasteiger partial charge >= 0.3 is 5.97 Å². The number of hydrogen-bond donors (Lipinski definition) is 0. The lowest BCUT2D eigenvalue weighted by Crippen LogP contribution is -2.49. The lowest BCUT2D eigenvalue weighted by atomic mass is 9.95. The van der Waals surface area contributed by atoms with Crippen molar-refractivity contribution in [2.75, 3.05) is 25.2 Å². The van der Waals surface area contributed by atoms with Gasteiger partial charge in [0, 0.05) is 32.2 Å². The number of esters is 1. The number of hydrogen-bond acceptors (Lipinski definition) is 4. The van der Waals surface area contributed by atoms with E-state index in [0.717, 1.165) is 17.7 Å². The first-order valence-electron chi connectivity index (χ1n) is 8.60. The summed E-state index contributed by atoms with van der Waals surface area (Å²) < 4.78 is 10.4. The molecule has 5 heteroatoms. The molecule has 1 aromatic carbocycles. The molecular weight excluding hydrogens is 306 g/mol. The van der Waals surface area contributed by atoms with Gasteiger partial charge < -0.3 is 9.47 Å². The van der Waals surface area contributed by atoms with Crippen molar-refractivity contribution in [3.63, 3.8) is 0 Å². The summed E-state index contributed by atoms with van der Waals surface area (Å²) in [5, 5.41) is 0. The van der Waals surface area contributed by atoms with E-state index < -0.39 is 6.04 Å². The number of carbonyl (C=O) groups is 2. The first-order chi connectivity index (χ1) is 11.5. The molecule has 0 bridgehead atoms. The predicted molar refractivity (Wildman–Crippen MR) is 92.9 cm³/mol. The van der Waals surface area contributed by atoms with Crippen LogP contribution in [0.25, 0.3) is 0 Å². The van der Waals surface area contributed by atoms with E-state index in [0.29, 0.717) is 32.5 Å². The molecule has 1 aromatic rings. The smallest absolute Gasteiger partial charge is 0.329 e. The van der Waals surface area contributed by atoms with Crippen molar-refractivity contribution >= 4 is 17.6 Å². The van der Waals surface area contributed by atoms with Crippen LogP contribution < -0.4 is 4.90 Å². The van der Waals surface area contributed by atoms with E-state index in [9.17, 15) is 9.59 Å². The molecule has 2 rings (SSSR count). The first kappa shape index (κ1) is 18.5. The Hall–Kier alpha value is -1.88. The Bertz CT molecular complexity index is 570. The maximum absolute atomic E-state index is 12.6. The monoisotopic (exact) mass is 333 g/mol. The van der Waals surface area contributed by atoms with Gasteiger partial charge in [0.25, 0.3) is 0 Å². The number of fused-ring (bicyclic) bond motifs is 1. The van der Waals surface area contributed by atoms with Crippen molar-refractivity contribution < 1.29 is 19.1 Å². The molecule has 0 spiro atoms. The summed E-state index contributed by atoms with van der Waals surface area (Å²) in [6.45, 7) is 4.95. The second-order valence-corrected chi connectivity index (χ2v) is 6.55. The summed E-state index contributed by atoms with van der Waals surface area (Å²) in [5.41, 5.74) is 1.95. The van der Waals surface area contributed by atoms with Crippen LogP contribution in [-0.2, 0) is 25.5 Å². The highest BCUT2D eigenvalue weighted by atomic mass is 16.5. The summed E-state index contributed by atoms with van der Waals surface area (Å²) in [5.74, 6) is -0.0542. The Balaban J connectivity index is 2.20. The zero-order valence-electron chi connectivity index (χ0n) is 14.8. The van der Waals surface area contributed by atoms with Gasteiger partial charge in [-0.2, -0.15) is 0 Å². The quantitative estimate of drug-likeness (QED) is 0.542. The number of methoxy groups -OCH3 is 1. The fourth-order valence-corrected chi connectivity index (χ4v) is 3.02. The topological polar surface area (TPSA) is 55.8 Å². The number of anilines is 1. The van der Waals surface area contributed by atoms with Gasteiger partial charge in [0.1, 0.15) is 6.04 Å². The molecule has 0 saturated heterocycles. The SMILES string of the molecule is COCCCOC(=O)C(CC(C)C)N1C(=O)CCc2ccccc21. The number of amides is 1.